The lowest BCUT2D eigenvalue weighted by Crippen LogP contribution is -2.49. The zero-order valence-corrected chi connectivity index (χ0v) is 12.3. The molecular weight excluding hydrogens is 281 g/mol. The van der Waals surface area contributed by atoms with Crippen molar-refractivity contribution in [3.05, 3.63) is 29.8 Å². The van der Waals surface area contributed by atoms with Crippen molar-refractivity contribution in [3.8, 4) is 5.75 Å². The molecular formula is C15H21F3N2O. The lowest BCUT2D eigenvalue weighted by molar-refractivity contribution is -0.188. The zero-order chi connectivity index (χ0) is 15.5. The molecule has 0 aliphatic carbocycles. The topological polar surface area (TPSA) is 24.5 Å². The molecule has 0 spiro atoms. The van der Waals surface area contributed by atoms with Gasteiger partial charge in [-0.1, -0.05) is 18.2 Å². The predicted molar refractivity (Wildman–Crippen MR) is 75.4 cm³/mol. The van der Waals surface area contributed by atoms with Gasteiger partial charge >= 0.3 is 6.18 Å². The average Bonchev–Trinajstić information content (AvgIpc) is 2.40. The number of ether oxygens (including phenoxy) is 1. The van der Waals surface area contributed by atoms with Crippen molar-refractivity contribution >= 4 is 0 Å². The number of para-hydroxylation sites is 1. The largest absolute Gasteiger partial charge is 0.491 e. The van der Waals surface area contributed by atoms with E-state index in [9.17, 15) is 13.2 Å². The highest BCUT2D eigenvalue weighted by molar-refractivity contribution is 5.37. The van der Waals surface area contributed by atoms with E-state index in [1.54, 1.807) is 18.2 Å². The van der Waals surface area contributed by atoms with Gasteiger partial charge in [0.15, 0.2) is 0 Å². The van der Waals surface area contributed by atoms with Crippen LogP contribution in [0.4, 0.5) is 13.2 Å². The van der Waals surface area contributed by atoms with Crippen molar-refractivity contribution in [2.75, 3.05) is 26.2 Å². The molecule has 1 fully saturated rings. The number of nitrogens with one attached hydrogen (secondary N) is 1. The minimum atomic E-state index is -4.33. The molecule has 1 aliphatic rings. The van der Waals surface area contributed by atoms with Crippen LogP contribution in [0.25, 0.3) is 0 Å². The van der Waals surface area contributed by atoms with Crippen LogP contribution in [0.2, 0.25) is 0 Å². The lowest BCUT2D eigenvalue weighted by atomic mass is 10.0. The van der Waals surface area contributed by atoms with Gasteiger partial charge in [0.25, 0.3) is 0 Å². The maximum Gasteiger partial charge on any atom is 0.408 e. The number of benzene rings is 1. The second-order valence-electron chi connectivity index (χ2n) is 5.43. The van der Waals surface area contributed by atoms with Crippen molar-refractivity contribution < 1.29 is 17.9 Å². The lowest BCUT2D eigenvalue weighted by Gasteiger charge is -2.36. The number of rotatable bonds is 4. The summed E-state index contributed by atoms with van der Waals surface area (Å²) in [5.41, 5.74) is 0.195. The fourth-order valence-electron chi connectivity index (χ4n) is 2.59. The van der Waals surface area contributed by atoms with Crippen molar-refractivity contribution in [1.29, 1.82) is 0 Å². The van der Waals surface area contributed by atoms with Crippen molar-refractivity contribution in [2.45, 2.75) is 32.2 Å². The van der Waals surface area contributed by atoms with Gasteiger partial charge in [0.2, 0.25) is 0 Å². The van der Waals surface area contributed by atoms with E-state index in [-0.39, 0.29) is 11.7 Å². The van der Waals surface area contributed by atoms with E-state index >= 15 is 0 Å². The molecule has 0 amide bonds. The Bertz CT molecular complexity index is 456. The van der Waals surface area contributed by atoms with Gasteiger partial charge in [-0.25, -0.2) is 0 Å². The van der Waals surface area contributed by atoms with Crippen LogP contribution in [0.3, 0.4) is 0 Å². The molecule has 0 radical (unpaired) electrons. The van der Waals surface area contributed by atoms with Crippen LogP contribution in [0.15, 0.2) is 24.3 Å². The third-order valence-electron chi connectivity index (χ3n) is 3.40. The second kappa shape index (κ2) is 6.66. The SMILES string of the molecule is CC(C)Oc1ccccc1[C@@H](N1CCNCC1)C(F)(F)F. The minimum absolute atomic E-state index is 0.164. The Labute approximate surface area is 123 Å². The summed E-state index contributed by atoms with van der Waals surface area (Å²) in [6.07, 6.45) is -4.49. The highest BCUT2D eigenvalue weighted by atomic mass is 19.4. The summed E-state index contributed by atoms with van der Waals surface area (Å²) < 4.78 is 46.3. The highest BCUT2D eigenvalue weighted by Gasteiger charge is 2.46. The summed E-state index contributed by atoms with van der Waals surface area (Å²) in [7, 11) is 0. The molecule has 118 valence electrons. The normalized spacial score (nSPS) is 18.8. The molecule has 3 nitrogen and oxygen atoms in total. The van der Waals surface area contributed by atoms with Gasteiger partial charge < -0.3 is 10.1 Å². The predicted octanol–water partition coefficient (Wildman–Crippen LogP) is 2.98. The number of alkyl halides is 3. The summed E-state index contributed by atoms with van der Waals surface area (Å²) in [5.74, 6) is 0.313. The number of halogens is 3. The fourth-order valence-corrected chi connectivity index (χ4v) is 2.59. The highest BCUT2D eigenvalue weighted by Crippen LogP contribution is 2.41. The molecule has 1 aromatic carbocycles. The van der Waals surface area contributed by atoms with E-state index in [0.717, 1.165) is 0 Å². The van der Waals surface area contributed by atoms with Crippen LogP contribution in [0, 0.1) is 0 Å². The molecule has 0 bridgehead atoms. The third kappa shape index (κ3) is 4.11. The standard InChI is InChI=1S/C15H21F3N2O/c1-11(2)21-13-6-4-3-5-12(13)14(15(16,17)18)20-9-7-19-8-10-20/h3-6,11,14,19H,7-10H2,1-2H3/t14-/m1/s1. The number of nitrogens with zero attached hydrogens (tertiary/aromatic N) is 1. The molecule has 1 saturated heterocycles. The molecule has 21 heavy (non-hydrogen) atoms. The Morgan fingerprint density at radius 3 is 2.33 bits per heavy atom. The molecule has 2 rings (SSSR count). The first kappa shape index (κ1) is 16.1. The number of hydrogen-bond acceptors (Lipinski definition) is 3. The Balaban J connectivity index is 2.36. The summed E-state index contributed by atoms with van der Waals surface area (Å²) in [4.78, 5) is 1.47. The van der Waals surface area contributed by atoms with Crippen LogP contribution in [0.5, 0.6) is 5.75 Å². The van der Waals surface area contributed by atoms with E-state index in [1.165, 1.54) is 11.0 Å². The second-order valence-corrected chi connectivity index (χ2v) is 5.43. The molecule has 1 atom stereocenters. The quantitative estimate of drug-likeness (QED) is 0.925. The zero-order valence-electron chi connectivity index (χ0n) is 12.3. The van der Waals surface area contributed by atoms with E-state index in [1.807, 2.05) is 13.8 Å². The number of hydrogen-bond donors (Lipinski definition) is 1. The van der Waals surface area contributed by atoms with Crippen LogP contribution in [0.1, 0.15) is 25.5 Å². The fraction of sp³-hybridized carbons (Fsp3) is 0.600. The van der Waals surface area contributed by atoms with Gasteiger partial charge in [0, 0.05) is 31.7 Å². The molecule has 0 unspecified atom stereocenters. The first-order valence-corrected chi connectivity index (χ1v) is 7.16. The van der Waals surface area contributed by atoms with Crippen molar-refractivity contribution in [3.63, 3.8) is 0 Å². The maximum atomic E-state index is 13.6. The smallest absolute Gasteiger partial charge is 0.408 e. The van der Waals surface area contributed by atoms with Crippen molar-refractivity contribution in [1.82, 2.24) is 10.2 Å². The van der Waals surface area contributed by atoms with Gasteiger partial charge in [0.05, 0.1) is 6.10 Å². The molecule has 1 aromatic rings. The van der Waals surface area contributed by atoms with Gasteiger partial charge in [-0.05, 0) is 19.9 Å². The van der Waals surface area contributed by atoms with Crippen LogP contribution >= 0.6 is 0 Å². The number of piperazine rings is 1. The van der Waals surface area contributed by atoms with Crippen LogP contribution in [-0.4, -0.2) is 43.4 Å². The molecule has 1 aliphatic heterocycles. The Kier molecular flexibility index (Phi) is 5.11. The Morgan fingerprint density at radius 2 is 1.76 bits per heavy atom. The van der Waals surface area contributed by atoms with E-state index in [2.05, 4.69) is 5.32 Å². The summed E-state index contributed by atoms with van der Waals surface area (Å²) in [6, 6.07) is 4.83. The molecule has 6 heteroatoms. The molecule has 1 heterocycles. The van der Waals surface area contributed by atoms with Gasteiger partial charge in [0.1, 0.15) is 11.8 Å². The Hall–Kier alpha value is -1.27. The van der Waals surface area contributed by atoms with E-state index in [4.69, 9.17) is 4.74 Å². The van der Waals surface area contributed by atoms with Gasteiger partial charge in [-0.3, -0.25) is 4.90 Å². The van der Waals surface area contributed by atoms with Crippen LogP contribution in [-0.2, 0) is 0 Å². The van der Waals surface area contributed by atoms with E-state index in [0.29, 0.717) is 31.9 Å². The molecule has 0 aromatic heterocycles. The summed E-state index contributed by atoms with van der Waals surface area (Å²) >= 11 is 0. The third-order valence-corrected chi connectivity index (χ3v) is 3.40. The monoisotopic (exact) mass is 302 g/mol. The minimum Gasteiger partial charge on any atom is -0.491 e. The molecule has 1 N–H and O–H groups in total. The first-order chi connectivity index (χ1) is 9.89. The summed E-state index contributed by atoms with van der Waals surface area (Å²) in [6.45, 7) is 5.51. The van der Waals surface area contributed by atoms with Gasteiger partial charge in [-0.2, -0.15) is 13.2 Å². The van der Waals surface area contributed by atoms with Gasteiger partial charge in [-0.15, -0.1) is 0 Å². The Morgan fingerprint density at radius 1 is 1.14 bits per heavy atom. The van der Waals surface area contributed by atoms with Crippen molar-refractivity contribution in [2.24, 2.45) is 0 Å². The first-order valence-electron chi connectivity index (χ1n) is 7.16. The summed E-state index contributed by atoms with van der Waals surface area (Å²) in [5, 5.41) is 3.08. The molecule has 0 saturated carbocycles. The average molecular weight is 302 g/mol. The van der Waals surface area contributed by atoms with Crippen LogP contribution < -0.4 is 10.1 Å². The van der Waals surface area contributed by atoms with E-state index < -0.39 is 12.2 Å². The maximum absolute atomic E-state index is 13.6.